The molecule has 1 atom stereocenters. The zero-order valence-electron chi connectivity index (χ0n) is 11.5. The van der Waals surface area contributed by atoms with E-state index in [9.17, 15) is 4.39 Å². The number of para-hydroxylation sites is 1. The molecular formula is C17H16FNO. The summed E-state index contributed by atoms with van der Waals surface area (Å²) in [6, 6.07) is 13.1. The third kappa shape index (κ3) is 2.10. The molecular weight excluding hydrogens is 253 g/mol. The summed E-state index contributed by atoms with van der Waals surface area (Å²) in [5.74, 6) is -0.185. The maximum absolute atomic E-state index is 13.8. The van der Waals surface area contributed by atoms with Crippen molar-refractivity contribution in [1.82, 2.24) is 5.32 Å². The topological polar surface area (TPSA) is 25.2 Å². The lowest BCUT2D eigenvalue weighted by molar-refractivity contribution is 0.590. The number of hydrogen-bond acceptors (Lipinski definition) is 2. The van der Waals surface area contributed by atoms with Crippen molar-refractivity contribution >= 4 is 11.0 Å². The van der Waals surface area contributed by atoms with E-state index < -0.39 is 0 Å². The number of furan rings is 1. The molecule has 0 amide bonds. The Labute approximate surface area is 117 Å². The Balaban J connectivity index is 2.11. The highest BCUT2D eigenvalue weighted by atomic mass is 19.1. The molecule has 1 heterocycles. The molecule has 1 aromatic heterocycles. The van der Waals surface area contributed by atoms with Gasteiger partial charge >= 0.3 is 0 Å². The van der Waals surface area contributed by atoms with Gasteiger partial charge in [0.1, 0.15) is 11.4 Å². The molecule has 3 heteroatoms. The van der Waals surface area contributed by atoms with Gasteiger partial charge < -0.3 is 9.73 Å². The summed E-state index contributed by atoms with van der Waals surface area (Å²) in [7, 11) is 1.87. The van der Waals surface area contributed by atoms with Crippen molar-refractivity contribution in [2.24, 2.45) is 0 Å². The van der Waals surface area contributed by atoms with Crippen LogP contribution in [0.15, 0.2) is 53.1 Å². The number of nitrogens with one attached hydrogen (secondary N) is 1. The third-order valence-electron chi connectivity index (χ3n) is 3.64. The van der Waals surface area contributed by atoms with E-state index in [0.717, 1.165) is 22.1 Å². The summed E-state index contributed by atoms with van der Waals surface area (Å²) in [6.07, 6.45) is 1.74. The average Bonchev–Trinajstić information content (AvgIpc) is 2.88. The van der Waals surface area contributed by atoms with Gasteiger partial charge in [0.2, 0.25) is 0 Å². The number of aryl methyl sites for hydroxylation is 1. The van der Waals surface area contributed by atoms with E-state index in [-0.39, 0.29) is 11.9 Å². The molecule has 0 saturated carbocycles. The Hall–Kier alpha value is -2.13. The summed E-state index contributed by atoms with van der Waals surface area (Å²) in [6.45, 7) is 1.76. The van der Waals surface area contributed by atoms with Crippen LogP contribution in [0.5, 0.6) is 0 Å². The smallest absolute Gasteiger partial charge is 0.134 e. The molecule has 0 saturated heterocycles. The highest BCUT2D eigenvalue weighted by molar-refractivity contribution is 5.81. The van der Waals surface area contributed by atoms with Crippen LogP contribution in [0.4, 0.5) is 4.39 Å². The van der Waals surface area contributed by atoms with Gasteiger partial charge in [-0.25, -0.2) is 4.39 Å². The van der Waals surface area contributed by atoms with Crippen molar-refractivity contribution in [2.75, 3.05) is 7.05 Å². The largest absolute Gasteiger partial charge is 0.464 e. The molecule has 3 rings (SSSR count). The van der Waals surface area contributed by atoms with Crippen molar-refractivity contribution < 1.29 is 8.81 Å². The van der Waals surface area contributed by atoms with Gasteiger partial charge in [-0.1, -0.05) is 30.3 Å². The zero-order chi connectivity index (χ0) is 14.1. The Morgan fingerprint density at radius 3 is 2.70 bits per heavy atom. The second kappa shape index (κ2) is 5.10. The molecule has 0 fully saturated rings. The van der Waals surface area contributed by atoms with Crippen LogP contribution in [-0.2, 0) is 0 Å². The summed E-state index contributed by atoms with van der Waals surface area (Å²) in [4.78, 5) is 0. The monoisotopic (exact) mass is 269 g/mol. The van der Waals surface area contributed by atoms with Crippen LogP contribution in [0, 0.1) is 12.7 Å². The first-order valence-corrected chi connectivity index (χ1v) is 6.60. The van der Waals surface area contributed by atoms with E-state index >= 15 is 0 Å². The van der Waals surface area contributed by atoms with Crippen LogP contribution < -0.4 is 5.32 Å². The summed E-state index contributed by atoms with van der Waals surface area (Å²) < 4.78 is 19.4. The molecule has 2 aromatic carbocycles. The van der Waals surface area contributed by atoms with Crippen molar-refractivity contribution in [3.8, 4) is 0 Å². The lowest BCUT2D eigenvalue weighted by atomic mass is 9.97. The minimum absolute atomic E-state index is 0.0891. The second-order valence-corrected chi connectivity index (χ2v) is 4.92. The van der Waals surface area contributed by atoms with Gasteiger partial charge in [0.15, 0.2) is 0 Å². The number of rotatable bonds is 3. The molecule has 2 nitrogen and oxygen atoms in total. The Kier molecular flexibility index (Phi) is 3.28. The minimum Gasteiger partial charge on any atom is -0.464 e. The first-order valence-electron chi connectivity index (χ1n) is 6.60. The fraction of sp³-hybridized carbons (Fsp3) is 0.176. The Morgan fingerprint density at radius 2 is 1.95 bits per heavy atom. The summed E-state index contributed by atoms with van der Waals surface area (Å²) in [5.41, 5.74) is 3.41. The first kappa shape index (κ1) is 12.9. The molecule has 3 aromatic rings. The molecule has 0 bridgehead atoms. The molecule has 1 unspecified atom stereocenters. The molecule has 0 spiro atoms. The van der Waals surface area contributed by atoms with Gasteiger partial charge in [0.05, 0.1) is 12.3 Å². The van der Waals surface area contributed by atoms with Gasteiger partial charge in [-0.2, -0.15) is 0 Å². The first-order chi connectivity index (χ1) is 9.70. The van der Waals surface area contributed by atoms with Crippen molar-refractivity contribution in [1.29, 1.82) is 0 Å². The fourth-order valence-electron chi connectivity index (χ4n) is 2.51. The van der Waals surface area contributed by atoms with Crippen molar-refractivity contribution in [3.05, 3.63) is 71.2 Å². The Bertz CT molecular complexity index is 748. The molecule has 1 N–H and O–H groups in total. The number of halogens is 1. The van der Waals surface area contributed by atoms with Crippen LogP contribution in [0.25, 0.3) is 11.0 Å². The van der Waals surface area contributed by atoms with Gasteiger partial charge in [-0.3, -0.25) is 0 Å². The quantitative estimate of drug-likeness (QED) is 0.771. The molecule has 0 aliphatic carbocycles. The van der Waals surface area contributed by atoms with Crippen molar-refractivity contribution in [2.45, 2.75) is 13.0 Å². The molecule has 0 aliphatic rings. The van der Waals surface area contributed by atoms with Crippen LogP contribution in [-0.4, -0.2) is 7.05 Å². The van der Waals surface area contributed by atoms with E-state index in [2.05, 4.69) is 5.32 Å². The van der Waals surface area contributed by atoms with E-state index in [0.29, 0.717) is 5.56 Å². The van der Waals surface area contributed by atoms with Gasteiger partial charge in [-0.15, -0.1) is 0 Å². The normalized spacial score (nSPS) is 12.8. The predicted octanol–water partition coefficient (Wildman–Crippen LogP) is 4.19. The standard InChI is InChI=1S/C17H16FNO/c1-11-7-8-12(9-15(11)18)17(19-2)14-10-20-16-6-4-3-5-13(14)16/h3-10,17,19H,1-2H3. The Morgan fingerprint density at radius 1 is 1.15 bits per heavy atom. The van der Waals surface area contributed by atoms with E-state index in [4.69, 9.17) is 4.42 Å². The number of fused-ring (bicyclic) bond motifs is 1. The SMILES string of the molecule is CNC(c1ccc(C)c(F)c1)c1coc2ccccc12. The van der Waals surface area contributed by atoms with Crippen LogP contribution >= 0.6 is 0 Å². The second-order valence-electron chi connectivity index (χ2n) is 4.92. The van der Waals surface area contributed by atoms with Gasteiger partial charge in [0.25, 0.3) is 0 Å². The highest BCUT2D eigenvalue weighted by Crippen LogP contribution is 2.30. The fourth-order valence-corrected chi connectivity index (χ4v) is 2.51. The highest BCUT2D eigenvalue weighted by Gasteiger charge is 2.18. The lowest BCUT2D eigenvalue weighted by Gasteiger charge is -2.16. The molecule has 102 valence electrons. The number of benzene rings is 2. The van der Waals surface area contributed by atoms with Crippen LogP contribution in [0.2, 0.25) is 0 Å². The zero-order valence-corrected chi connectivity index (χ0v) is 11.5. The minimum atomic E-state index is -0.185. The van der Waals surface area contributed by atoms with E-state index in [1.807, 2.05) is 37.4 Å². The maximum Gasteiger partial charge on any atom is 0.134 e. The third-order valence-corrected chi connectivity index (χ3v) is 3.64. The summed E-state index contributed by atoms with van der Waals surface area (Å²) >= 11 is 0. The van der Waals surface area contributed by atoms with E-state index in [1.165, 1.54) is 0 Å². The molecule has 20 heavy (non-hydrogen) atoms. The lowest BCUT2D eigenvalue weighted by Crippen LogP contribution is -2.17. The average molecular weight is 269 g/mol. The predicted molar refractivity (Wildman–Crippen MR) is 78.3 cm³/mol. The summed E-state index contributed by atoms with van der Waals surface area (Å²) in [5, 5.41) is 4.28. The van der Waals surface area contributed by atoms with Gasteiger partial charge in [0, 0.05) is 10.9 Å². The van der Waals surface area contributed by atoms with E-state index in [1.54, 1.807) is 25.3 Å². The van der Waals surface area contributed by atoms with Crippen LogP contribution in [0.1, 0.15) is 22.7 Å². The number of hydrogen-bond donors (Lipinski definition) is 1. The maximum atomic E-state index is 13.8. The van der Waals surface area contributed by atoms with Gasteiger partial charge in [-0.05, 0) is 37.2 Å². The molecule has 0 radical (unpaired) electrons. The van der Waals surface area contributed by atoms with Crippen molar-refractivity contribution in [3.63, 3.8) is 0 Å². The molecule has 0 aliphatic heterocycles. The van der Waals surface area contributed by atoms with Crippen LogP contribution in [0.3, 0.4) is 0 Å².